The van der Waals surface area contributed by atoms with Crippen LogP contribution in [0.5, 0.6) is 0 Å². The molecule has 0 aliphatic heterocycles. The molecule has 0 bridgehead atoms. The van der Waals surface area contributed by atoms with Crippen LogP contribution in [0.2, 0.25) is 0 Å². The minimum atomic E-state index is -4.47. The molecule has 3 rings (SSSR count). The number of benzene rings is 2. The Morgan fingerprint density at radius 3 is 2.53 bits per heavy atom. The fourth-order valence-corrected chi connectivity index (χ4v) is 2.82. The fourth-order valence-electron chi connectivity index (χ4n) is 2.82. The van der Waals surface area contributed by atoms with E-state index in [2.05, 4.69) is 10.3 Å². The Balaban J connectivity index is 1.80. The summed E-state index contributed by atoms with van der Waals surface area (Å²) < 4.78 is 38.9. The van der Waals surface area contributed by atoms with Gasteiger partial charge >= 0.3 is 6.18 Å². The molecule has 0 saturated heterocycles. The summed E-state index contributed by atoms with van der Waals surface area (Å²) in [6, 6.07) is 16.7. The van der Waals surface area contributed by atoms with Crippen molar-refractivity contribution in [2.24, 2.45) is 0 Å². The number of pyridine rings is 1. The van der Waals surface area contributed by atoms with E-state index in [0.717, 1.165) is 17.7 Å². The van der Waals surface area contributed by atoms with E-state index < -0.39 is 11.7 Å². The van der Waals surface area contributed by atoms with Crippen molar-refractivity contribution in [1.29, 1.82) is 5.26 Å². The summed E-state index contributed by atoms with van der Waals surface area (Å²) in [6.45, 7) is 0.294. The number of hydrogen-bond acceptors (Lipinski definition) is 4. The molecule has 1 N–H and O–H groups in total. The van der Waals surface area contributed by atoms with E-state index >= 15 is 0 Å². The van der Waals surface area contributed by atoms with Gasteiger partial charge < -0.3 is 10.2 Å². The minimum absolute atomic E-state index is 0.161. The Bertz CT molecular complexity index is 1090. The number of rotatable bonds is 5. The monoisotopic (exact) mass is 410 g/mol. The van der Waals surface area contributed by atoms with Gasteiger partial charge in [-0.2, -0.15) is 18.4 Å². The van der Waals surface area contributed by atoms with Crippen LogP contribution in [0.4, 0.5) is 24.7 Å². The van der Waals surface area contributed by atoms with Crippen LogP contribution < -0.4 is 5.32 Å². The molecule has 0 atom stereocenters. The molecule has 0 aliphatic carbocycles. The van der Waals surface area contributed by atoms with E-state index in [1.807, 2.05) is 6.07 Å². The number of alkyl halides is 3. The molecule has 3 aromatic rings. The van der Waals surface area contributed by atoms with Gasteiger partial charge in [0.25, 0.3) is 5.91 Å². The number of carbonyl (C=O) groups is 1. The van der Waals surface area contributed by atoms with E-state index in [1.54, 1.807) is 43.4 Å². The molecule has 0 radical (unpaired) electrons. The first-order valence-corrected chi connectivity index (χ1v) is 8.92. The van der Waals surface area contributed by atoms with Crippen LogP contribution >= 0.6 is 0 Å². The maximum atomic E-state index is 13.0. The standard InChI is InChI=1S/C22H17F3N4O/c1-29(14-16-9-7-15(13-26)8-10-16)21(30)19-6-3-11-27-20(19)28-18-5-2-4-17(12-18)22(23,24)25/h2-12H,14H2,1H3,(H,27,28). The summed E-state index contributed by atoms with van der Waals surface area (Å²) >= 11 is 0. The second-order valence-corrected chi connectivity index (χ2v) is 6.57. The third-order valence-corrected chi connectivity index (χ3v) is 4.34. The number of nitrogens with zero attached hydrogens (tertiary/aromatic N) is 3. The van der Waals surface area contributed by atoms with Gasteiger partial charge in [-0.25, -0.2) is 4.98 Å². The molecule has 152 valence electrons. The van der Waals surface area contributed by atoms with E-state index in [4.69, 9.17) is 5.26 Å². The van der Waals surface area contributed by atoms with Crippen LogP contribution in [0.25, 0.3) is 0 Å². The van der Waals surface area contributed by atoms with Gasteiger partial charge in [-0.05, 0) is 48.0 Å². The van der Waals surface area contributed by atoms with E-state index in [1.165, 1.54) is 23.2 Å². The summed E-state index contributed by atoms with van der Waals surface area (Å²) in [5.41, 5.74) is 0.960. The van der Waals surface area contributed by atoms with Crippen LogP contribution in [0.15, 0.2) is 66.9 Å². The van der Waals surface area contributed by atoms with Gasteiger partial charge in [0.2, 0.25) is 0 Å². The molecule has 0 aliphatic rings. The van der Waals surface area contributed by atoms with E-state index in [0.29, 0.717) is 12.1 Å². The van der Waals surface area contributed by atoms with Crippen molar-refractivity contribution in [3.05, 3.63) is 89.1 Å². The molecule has 1 aromatic heterocycles. The molecule has 0 saturated carbocycles. The summed E-state index contributed by atoms with van der Waals surface area (Å²) in [7, 11) is 1.61. The fraction of sp³-hybridized carbons (Fsp3) is 0.136. The summed E-state index contributed by atoms with van der Waals surface area (Å²) in [5.74, 6) is -0.185. The number of amides is 1. The minimum Gasteiger partial charge on any atom is -0.340 e. The number of halogens is 3. The van der Waals surface area contributed by atoms with Gasteiger partial charge in [0.1, 0.15) is 5.82 Å². The zero-order valence-corrected chi connectivity index (χ0v) is 15.9. The summed E-state index contributed by atoms with van der Waals surface area (Å²) in [6.07, 6.45) is -3.02. The number of anilines is 2. The lowest BCUT2D eigenvalue weighted by Crippen LogP contribution is -2.27. The van der Waals surface area contributed by atoms with Gasteiger partial charge in [0, 0.05) is 25.5 Å². The number of aromatic nitrogens is 1. The Labute approximate surface area is 171 Å². The normalized spacial score (nSPS) is 10.9. The predicted molar refractivity (Wildman–Crippen MR) is 106 cm³/mol. The zero-order valence-electron chi connectivity index (χ0n) is 15.9. The van der Waals surface area contributed by atoms with Crippen LogP contribution in [-0.2, 0) is 12.7 Å². The number of carbonyl (C=O) groups excluding carboxylic acids is 1. The molecule has 0 unspecified atom stereocenters. The van der Waals surface area contributed by atoms with Gasteiger partial charge in [-0.3, -0.25) is 4.79 Å². The maximum absolute atomic E-state index is 13.0. The Morgan fingerprint density at radius 2 is 1.87 bits per heavy atom. The maximum Gasteiger partial charge on any atom is 0.416 e. The lowest BCUT2D eigenvalue weighted by atomic mass is 10.1. The average molecular weight is 410 g/mol. The first-order chi connectivity index (χ1) is 14.3. The molecule has 30 heavy (non-hydrogen) atoms. The van der Waals surface area contributed by atoms with E-state index in [-0.39, 0.29) is 23.0 Å². The Kier molecular flexibility index (Phi) is 6.02. The second-order valence-electron chi connectivity index (χ2n) is 6.57. The quantitative estimate of drug-likeness (QED) is 0.644. The molecule has 1 amide bonds. The van der Waals surface area contributed by atoms with Crippen LogP contribution in [0.3, 0.4) is 0 Å². The van der Waals surface area contributed by atoms with Crippen molar-refractivity contribution in [1.82, 2.24) is 9.88 Å². The number of nitriles is 1. The third kappa shape index (κ3) is 4.94. The van der Waals surface area contributed by atoms with Crippen molar-refractivity contribution >= 4 is 17.4 Å². The van der Waals surface area contributed by atoms with Gasteiger partial charge in [0.15, 0.2) is 0 Å². The predicted octanol–water partition coefficient (Wildman–Crippen LogP) is 4.99. The first-order valence-electron chi connectivity index (χ1n) is 8.92. The molecular weight excluding hydrogens is 393 g/mol. The van der Waals surface area contributed by atoms with Gasteiger partial charge in [0.05, 0.1) is 22.8 Å². The lowest BCUT2D eigenvalue weighted by molar-refractivity contribution is -0.137. The van der Waals surface area contributed by atoms with Gasteiger partial charge in [-0.1, -0.05) is 18.2 Å². The first kappa shape index (κ1) is 20.9. The van der Waals surface area contributed by atoms with Crippen molar-refractivity contribution in [2.45, 2.75) is 12.7 Å². The molecule has 2 aromatic carbocycles. The summed E-state index contributed by atoms with van der Waals surface area (Å²) in [4.78, 5) is 18.5. The van der Waals surface area contributed by atoms with Crippen LogP contribution in [0, 0.1) is 11.3 Å². The third-order valence-electron chi connectivity index (χ3n) is 4.34. The SMILES string of the molecule is CN(Cc1ccc(C#N)cc1)C(=O)c1cccnc1Nc1cccc(C(F)(F)F)c1. The molecular formula is C22H17F3N4O. The van der Waals surface area contributed by atoms with Gasteiger partial charge in [-0.15, -0.1) is 0 Å². The topological polar surface area (TPSA) is 69.0 Å². The largest absolute Gasteiger partial charge is 0.416 e. The van der Waals surface area contributed by atoms with E-state index in [9.17, 15) is 18.0 Å². The molecule has 0 fully saturated rings. The summed E-state index contributed by atoms with van der Waals surface area (Å²) in [5, 5.41) is 11.7. The van der Waals surface area contributed by atoms with Crippen molar-refractivity contribution in [2.75, 3.05) is 12.4 Å². The molecule has 8 heteroatoms. The Morgan fingerprint density at radius 1 is 1.13 bits per heavy atom. The van der Waals surface area contributed by atoms with Crippen molar-refractivity contribution < 1.29 is 18.0 Å². The average Bonchev–Trinajstić information content (AvgIpc) is 2.74. The second kappa shape index (κ2) is 8.66. The van der Waals surface area contributed by atoms with Crippen LogP contribution in [-0.4, -0.2) is 22.8 Å². The highest BCUT2D eigenvalue weighted by Gasteiger charge is 2.30. The zero-order chi connectivity index (χ0) is 21.7. The number of hydrogen-bond donors (Lipinski definition) is 1. The van der Waals surface area contributed by atoms with Crippen molar-refractivity contribution in [3.8, 4) is 6.07 Å². The van der Waals surface area contributed by atoms with Crippen LogP contribution in [0.1, 0.15) is 27.0 Å². The number of nitrogens with one attached hydrogen (secondary N) is 1. The molecule has 5 nitrogen and oxygen atoms in total. The lowest BCUT2D eigenvalue weighted by Gasteiger charge is -2.19. The highest BCUT2D eigenvalue weighted by Crippen LogP contribution is 2.31. The smallest absolute Gasteiger partial charge is 0.340 e. The Hall–Kier alpha value is -3.86. The molecule has 1 heterocycles. The highest BCUT2D eigenvalue weighted by molar-refractivity contribution is 5.99. The highest BCUT2D eigenvalue weighted by atomic mass is 19.4. The van der Waals surface area contributed by atoms with Crippen molar-refractivity contribution in [3.63, 3.8) is 0 Å². The molecule has 0 spiro atoms.